The normalized spacial score (nSPS) is 17.0. The Labute approximate surface area is 350 Å². The van der Waals surface area contributed by atoms with Gasteiger partial charge in [0.05, 0.1) is 6.54 Å². The molecule has 0 radical (unpaired) electrons. The van der Waals surface area contributed by atoms with Crippen LogP contribution in [0.4, 0.5) is 10.5 Å². The summed E-state index contributed by atoms with van der Waals surface area (Å²) in [5.41, 5.74) is 2.02. The van der Waals surface area contributed by atoms with Crippen LogP contribution in [0.25, 0.3) is 0 Å². The number of unbranched alkanes of at least 4 members (excludes halogenated alkanes) is 4. The summed E-state index contributed by atoms with van der Waals surface area (Å²) in [6.45, 7) is 16.5. The highest BCUT2D eigenvalue weighted by atomic mass is 32.1. The number of aliphatic carboxylic acids is 3. The molecular weight excluding hydrogens is 765 g/mol. The van der Waals surface area contributed by atoms with Crippen LogP contribution in [-0.4, -0.2) is 167 Å². The van der Waals surface area contributed by atoms with Crippen LogP contribution < -0.4 is 21.3 Å². The van der Waals surface area contributed by atoms with Crippen LogP contribution in [0.5, 0.6) is 0 Å². The van der Waals surface area contributed by atoms with Crippen molar-refractivity contribution < 1.29 is 39.3 Å². The van der Waals surface area contributed by atoms with E-state index in [-0.39, 0.29) is 50.6 Å². The van der Waals surface area contributed by atoms with Crippen LogP contribution in [0.2, 0.25) is 0 Å². The summed E-state index contributed by atoms with van der Waals surface area (Å²) in [6, 6.07) is 6.35. The number of nitrogens with zero attached hydrogens (tertiary/aromatic N) is 4. The Morgan fingerprint density at radius 2 is 1.29 bits per heavy atom. The molecule has 1 aromatic carbocycles. The first kappa shape index (κ1) is 50.2. The molecule has 0 bridgehead atoms. The SMILES string of the molecule is CCN1CCN(CC)CCN(CC(=O)O)C(Cc2ccc(NC(=S)NCCCCCCCC(=O)CC[C@H](NC(=O)NCCCC(=O)O)C(=O)O)cc2)CN(CC)CC1. The average molecular weight is 835 g/mol. The van der Waals surface area contributed by atoms with Crippen LogP contribution in [-0.2, 0) is 25.6 Å². The standard InChI is InChI=1S/C41H70N8O8S/c1-4-46-23-24-47(5-2)27-28-49(31-38(53)54)34(30-48(6-3)26-25-46)29-32-15-17-33(18-16-32)44-41(58)43-21-11-9-7-8-10-13-35(50)19-20-36(39(55)56)45-40(57)42-22-12-14-37(51)52/h15-18,34,36H,4-14,19-31H2,1-3H3,(H,51,52)(H,53,54)(H,55,56)(H2,42,45,57)(H2,43,44,58)/t34?,36-/m0/s1. The maximum absolute atomic E-state index is 12.3. The predicted molar refractivity (Wildman–Crippen MR) is 230 cm³/mol. The summed E-state index contributed by atoms with van der Waals surface area (Å²) in [7, 11) is 0. The van der Waals surface area contributed by atoms with Gasteiger partial charge in [-0.15, -0.1) is 0 Å². The molecule has 1 aliphatic rings. The first-order valence-electron chi connectivity index (χ1n) is 21.1. The molecule has 1 heterocycles. The number of benzene rings is 1. The van der Waals surface area contributed by atoms with Gasteiger partial charge in [0.2, 0.25) is 0 Å². The lowest BCUT2D eigenvalue weighted by atomic mass is 10.0. The number of carbonyl (C=O) groups is 5. The summed E-state index contributed by atoms with van der Waals surface area (Å²) in [6.07, 6.45) is 5.67. The van der Waals surface area contributed by atoms with E-state index < -0.39 is 30.0 Å². The molecule has 0 aromatic heterocycles. The van der Waals surface area contributed by atoms with E-state index in [0.29, 0.717) is 31.0 Å². The van der Waals surface area contributed by atoms with E-state index in [9.17, 15) is 34.2 Å². The van der Waals surface area contributed by atoms with Crippen molar-refractivity contribution in [1.82, 2.24) is 35.6 Å². The highest BCUT2D eigenvalue weighted by Gasteiger charge is 2.25. The Morgan fingerprint density at radius 1 is 0.707 bits per heavy atom. The lowest BCUT2D eigenvalue weighted by Gasteiger charge is -2.38. The molecule has 7 N–H and O–H groups in total. The van der Waals surface area contributed by atoms with Gasteiger partial charge in [-0.2, -0.15) is 0 Å². The van der Waals surface area contributed by atoms with Gasteiger partial charge in [-0.05, 0) is 81.7 Å². The Hall–Kier alpha value is -3.90. The van der Waals surface area contributed by atoms with E-state index in [1.54, 1.807) is 0 Å². The molecule has 16 nitrogen and oxygen atoms in total. The van der Waals surface area contributed by atoms with E-state index in [1.165, 1.54) is 0 Å². The molecule has 1 saturated heterocycles. The van der Waals surface area contributed by atoms with E-state index in [2.05, 4.69) is 73.8 Å². The Balaban J connectivity index is 1.74. The molecule has 0 saturated carbocycles. The van der Waals surface area contributed by atoms with Crippen LogP contribution in [0.3, 0.4) is 0 Å². The monoisotopic (exact) mass is 835 g/mol. The number of thiocarbonyl (C=S) groups is 1. The fraction of sp³-hybridized carbons (Fsp3) is 0.707. The summed E-state index contributed by atoms with van der Waals surface area (Å²) in [4.78, 5) is 67.9. The molecule has 1 aromatic rings. The second kappa shape index (κ2) is 29.3. The molecular formula is C41H70N8O8S. The minimum atomic E-state index is -1.23. The molecule has 2 amide bonds. The summed E-state index contributed by atoms with van der Waals surface area (Å²) >= 11 is 5.54. The number of rotatable bonds is 25. The zero-order chi connectivity index (χ0) is 42.7. The summed E-state index contributed by atoms with van der Waals surface area (Å²) in [5.74, 6) is -3.06. The first-order chi connectivity index (χ1) is 27.8. The number of carboxylic acids is 3. The Morgan fingerprint density at radius 3 is 1.90 bits per heavy atom. The minimum absolute atomic E-state index is 0.0111. The molecule has 2 rings (SSSR count). The molecule has 58 heavy (non-hydrogen) atoms. The smallest absolute Gasteiger partial charge is 0.326 e. The van der Waals surface area contributed by atoms with Crippen LogP contribution in [0.1, 0.15) is 90.5 Å². The largest absolute Gasteiger partial charge is 0.481 e. The number of anilines is 1. The number of carbonyl (C=O) groups excluding carboxylic acids is 2. The Kier molecular flexibility index (Phi) is 25.4. The zero-order valence-electron chi connectivity index (χ0n) is 35.0. The summed E-state index contributed by atoms with van der Waals surface area (Å²) in [5, 5.41) is 39.7. The number of carboxylic acid groups (broad SMARTS) is 3. The molecule has 0 spiro atoms. The third-order valence-electron chi connectivity index (χ3n) is 10.6. The number of urea groups is 1. The predicted octanol–water partition coefficient (Wildman–Crippen LogP) is 3.56. The minimum Gasteiger partial charge on any atom is -0.481 e. The lowest BCUT2D eigenvalue weighted by Crippen LogP contribution is -2.52. The third-order valence-corrected chi connectivity index (χ3v) is 10.8. The highest BCUT2D eigenvalue weighted by molar-refractivity contribution is 7.80. The van der Waals surface area contributed by atoms with E-state index in [1.807, 2.05) is 12.1 Å². The number of hydrogen-bond acceptors (Lipinski definition) is 10. The topological polar surface area (TPSA) is 207 Å². The highest BCUT2D eigenvalue weighted by Crippen LogP contribution is 2.16. The fourth-order valence-electron chi connectivity index (χ4n) is 6.93. The van der Waals surface area contributed by atoms with Crippen LogP contribution in [0, 0.1) is 0 Å². The number of Topliss-reactive ketones (excluding diaryl/α,β-unsaturated/α-hetero) is 1. The van der Waals surface area contributed by atoms with Gasteiger partial charge in [-0.1, -0.05) is 52.2 Å². The molecule has 0 aliphatic carbocycles. The molecule has 2 atom stereocenters. The second-order valence-corrected chi connectivity index (χ2v) is 15.4. The fourth-order valence-corrected chi connectivity index (χ4v) is 7.15. The van der Waals surface area contributed by atoms with E-state index in [4.69, 9.17) is 17.3 Å². The van der Waals surface area contributed by atoms with Crippen molar-refractivity contribution in [3.8, 4) is 0 Å². The van der Waals surface area contributed by atoms with Gasteiger partial charge < -0.3 is 51.3 Å². The van der Waals surface area contributed by atoms with Gasteiger partial charge in [0, 0.05) is 89.9 Å². The number of hydrogen-bond donors (Lipinski definition) is 7. The van der Waals surface area contributed by atoms with Gasteiger partial charge in [-0.3, -0.25) is 19.3 Å². The van der Waals surface area contributed by atoms with E-state index in [0.717, 1.165) is 102 Å². The quantitative estimate of drug-likeness (QED) is 0.0556. The Bertz CT molecular complexity index is 1400. The number of likely N-dealkylation sites (N-methyl/N-ethyl adjacent to an activating group) is 3. The van der Waals surface area contributed by atoms with Gasteiger partial charge in [0.25, 0.3) is 0 Å². The number of amides is 2. The van der Waals surface area contributed by atoms with Gasteiger partial charge in [-0.25, -0.2) is 9.59 Å². The van der Waals surface area contributed by atoms with E-state index >= 15 is 0 Å². The van der Waals surface area contributed by atoms with Crippen LogP contribution >= 0.6 is 12.2 Å². The molecule has 1 fully saturated rings. The van der Waals surface area contributed by atoms with Crippen molar-refractivity contribution >= 4 is 52.7 Å². The maximum Gasteiger partial charge on any atom is 0.326 e. The van der Waals surface area contributed by atoms with Gasteiger partial charge >= 0.3 is 23.9 Å². The lowest BCUT2D eigenvalue weighted by molar-refractivity contribution is -0.140. The van der Waals surface area contributed by atoms with Gasteiger partial charge in [0.15, 0.2) is 5.11 Å². The first-order valence-corrected chi connectivity index (χ1v) is 21.5. The van der Waals surface area contributed by atoms with Crippen molar-refractivity contribution in [2.24, 2.45) is 0 Å². The maximum atomic E-state index is 12.3. The number of nitrogens with one attached hydrogen (secondary N) is 4. The molecule has 17 heteroatoms. The molecule has 1 aliphatic heterocycles. The van der Waals surface area contributed by atoms with Gasteiger partial charge in [0.1, 0.15) is 11.8 Å². The molecule has 328 valence electrons. The van der Waals surface area contributed by atoms with Crippen molar-refractivity contribution in [3.63, 3.8) is 0 Å². The van der Waals surface area contributed by atoms with Crippen molar-refractivity contribution in [2.45, 2.75) is 103 Å². The zero-order valence-corrected chi connectivity index (χ0v) is 35.8. The number of ketones is 1. The third kappa shape index (κ3) is 22.3. The average Bonchev–Trinajstić information content (AvgIpc) is 3.18. The molecule has 1 unspecified atom stereocenters. The van der Waals surface area contributed by atoms with Crippen LogP contribution in [0.15, 0.2) is 24.3 Å². The summed E-state index contributed by atoms with van der Waals surface area (Å²) < 4.78 is 0. The van der Waals surface area contributed by atoms with Crippen molar-refractivity contribution in [2.75, 3.05) is 90.4 Å². The second-order valence-electron chi connectivity index (χ2n) is 14.9. The van der Waals surface area contributed by atoms with Crippen molar-refractivity contribution in [3.05, 3.63) is 29.8 Å². The van der Waals surface area contributed by atoms with Crippen molar-refractivity contribution in [1.29, 1.82) is 0 Å².